The number of nitrogens with one attached hydrogen (secondary N) is 1. The van der Waals surface area contributed by atoms with Gasteiger partial charge in [-0.3, -0.25) is 4.79 Å². The Morgan fingerprint density at radius 3 is 2.58 bits per heavy atom. The van der Waals surface area contributed by atoms with Crippen LogP contribution in [-0.2, 0) is 5.54 Å². The van der Waals surface area contributed by atoms with E-state index >= 15 is 0 Å². The minimum atomic E-state index is -0.353. The standard InChI is InChI=1S/C14H13FN2OS/c15-11-4-2-10(3-5-11)14(6-1-7-14)17-13(18)12-8-19-9-16-12/h2-5,8-9H,1,6-7H2,(H,17,18). The third-order valence-corrected chi connectivity index (χ3v) is 4.21. The summed E-state index contributed by atoms with van der Waals surface area (Å²) in [5.41, 5.74) is 2.69. The van der Waals surface area contributed by atoms with Crippen molar-refractivity contribution in [3.8, 4) is 0 Å². The number of thiazole rings is 1. The molecule has 5 heteroatoms. The van der Waals surface area contributed by atoms with E-state index in [9.17, 15) is 9.18 Å². The van der Waals surface area contributed by atoms with Gasteiger partial charge in [-0.1, -0.05) is 12.1 Å². The molecular formula is C14H13FN2OS. The molecule has 0 saturated heterocycles. The third-order valence-electron chi connectivity index (χ3n) is 3.62. The van der Waals surface area contributed by atoms with Gasteiger partial charge in [0, 0.05) is 5.38 Å². The molecule has 1 saturated carbocycles. The first kappa shape index (κ1) is 12.3. The van der Waals surface area contributed by atoms with Gasteiger partial charge in [0.05, 0.1) is 11.0 Å². The quantitative estimate of drug-likeness (QED) is 0.936. The fourth-order valence-electron chi connectivity index (χ4n) is 2.39. The smallest absolute Gasteiger partial charge is 0.271 e. The molecule has 3 rings (SSSR count). The summed E-state index contributed by atoms with van der Waals surface area (Å²) in [5, 5.41) is 4.78. The van der Waals surface area contributed by atoms with Crippen molar-refractivity contribution in [1.29, 1.82) is 0 Å². The lowest BCUT2D eigenvalue weighted by Crippen LogP contribution is -2.50. The monoisotopic (exact) mass is 276 g/mol. The van der Waals surface area contributed by atoms with Gasteiger partial charge in [-0.15, -0.1) is 11.3 Å². The Hall–Kier alpha value is -1.75. The predicted octanol–water partition coefficient (Wildman–Crippen LogP) is 3.09. The minimum Gasteiger partial charge on any atom is -0.341 e. The van der Waals surface area contributed by atoms with Crippen LogP contribution >= 0.6 is 11.3 Å². The molecule has 1 aromatic carbocycles. The Labute approximate surface area is 114 Å². The zero-order chi connectivity index (χ0) is 13.3. The number of benzene rings is 1. The van der Waals surface area contributed by atoms with E-state index in [1.807, 2.05) is 0 Å². The number of halogens is 1. The first-order chi connectivity index (χ1) is 9.20. The Bertz CT molecular complexity index is 576. The van der Waals surface area contributed by atoms with Crippen LogP contribution in [0.5, 0.6) is 0 Å². The van der Waals surface area contributed by atoms with Crippen molar-refractivity contribution in [3.05, 3.63) is 52.2 Å². The molecule has 1 fully saturated rings. The normalized spacial score (nSPS) is 16.7. The molecule has 1 N–H and O–H groups in total. The van der Waals surface area contributed by atoms with E-state index in [2.05, 4.69) is 10.3 Å². The van der Waals surface area contributed by atoms with Gasteiger partial charge < -0.3 is 5.32 Å². The summed E-state index contributed by atoms with van der Waals surface area (Å²) in [4.78, 5) is 16.1. The van der Waals surface area contributed by atoms with E-state index in [4.69, 9.17) is 0 Å². The second-order valence-electron chi connectivity index (χ2n) is 4.77. The van der Waals surface area contributed by atoms with Crippen molar-refractivity contribution in [2.75, 3.05) is 0 Å². The van der Waals surface area contributed by atoms with Crippen LogP contribution in [0.2, 0.25) is 0 Å². The molecule has 1 aromatic heterocycles. The average molecular weight is 276 g/mol. The van der Waals surface area contributed by atoms with Crippen molar-refractivity contribution >= 4 is 17.2 Å². The Balaban J connectivity index is 1.83. The van der Waals surface area contributed by atoms with E-state index in [0.29, 0.717) is 5.69 Å². The summed E-state index contributed by atoms with van der Waals surface area (Å²) in [7, 11) is 0. The van der Waals surface area contributed by atoms with E-state index in [1.165, 1.54) is 23.5 Å². The molecule has 0 spiro atoms. The Morgan fingerprint density at radius 2 is 2.05 bits per heavy atom. The van der Waals surface area contributed by atoms with Crippen LogP contribution in [0.3, 0.4) is 0 Å². The number of rotatable bonds is 3. The Morgan fingerprint density at radius 1 is 1.32 bits per heavy atom. The third kappa shape index (κ3) is 2.26. The van der Waals surface area contributed by atoms with E-state index in [0.717, 1.165) is 24.8 Å². The Kier molecular flexibility index (Phi) is 3.06. The second kappa shape index (κ2) is 4.74. The van der Waals surface area contributed by atoms with Gasteiger partial charge >= 0.3 is 0 Å². The van der Waals surface area contributed by atoms with Crippen molar-refractivity contribution in [1.82, 2.24) is 10.3 Å². The lowest BCUT2D eigenvalue weighted by atomic mass is 9.71. The predicted molar refractivity (Wildman–Crippen MR) is 71.5 cm³/mol. The molecule has 1 aliphatic carbocycles. The minimum absolute atomic E-state index is 0.162. The molecular weight excluding hydrogens is 263 g/mol. The van der Waals surface area contributed by atoms with E-state index < -0.39 is 0 Å². The molecule has 1 amide bonds. The van der Waals surface area contributed by atoms with Crippen LogP contribution in [0.1, 0.15) is 35.3 Å². The molecule has 19 heavy (non-hydrogen) atoms. The highest BCUT2D eigenvalue weighted by Gasteiger charge is 2.40. The fourth-order valence-corrected chi connectivity index (χ4v) is 2.92. The lowest BCUT2D eigenvalue weighted by molar-refractivity contribution is 0.0819. The van der Waals surface area contributed by atoms with Gasteiger partial charge in [-0.2, -0.15) is 0 Å². The van der Waals surface area contributed by atoms with Gasteiger partial charge in [0.15, 0.2) is 0 Å². The molecule has 0 bridgehead atoms. The van der Waals surface area contributed by atoms with Crippen molar-refractivity contribution in [2.24, 2.45) is 0 Å². The molecule has 98 valence electrons. The first-order valence-electron chi connectivity index (χ1n) is 6.16. The topological polar surface area (TPSA) is 42.0 Å². The maximum Gasteiger partial charge on any atom is 0.271 e. The summed E-state index contributed by atoms with van der Waals surface area (Å²) in [6.07, 6.45) is 2.83. The molecule has 0 aliphatic heterocycles. The van der Waals surface area contributed by atoms with Crippen LogP contribution in [0.15, 0.2) is 35.2 Å². The van der Waals surface area contributed by atoms with Crippen LogP contribution in [-0.4, -0.2) is 10.9 Å². The summed E-state index contributed by atoms with van der Waals surface area (Å²) in [6, 6.07) is 6.36. The largest absolute Gasteiger partial charge is 0.341 e. The number of hydrogen-bond acceptors (Lipinski definition) is 3. The van der Waals surface area contributed by atoms with Crippen LogP contribution in [0.4, 0.5) is 4.39 Å². The van der Waals surface area contributed by atoms with E-state index in [-0.39, 0.29) is 17.3 Å². The van der Waals surface area contributed by atoms with Crippen LogP contribution in [0.25, 0.3) is 0 Å². The maximum atomic E-state index is 13.0. The first-order valence-corrected chi connectivity index (χ1v) is 7.11. The fraction of sp³-hybridized carbons (Fsp3) is 0.286. The van der Waals surface area contributed by atoms with Gasteiger partial charge in [0.2, 0.25) is 0 Å². The highest BCUT2D eigenvalue weighted by molar-refractivity contribution is 7.07. The highest BCUT2D eigenvalue weighted by atomic mass is 32.1. The molecule has 1 aliphatic rings. The van der Waals surface area contributed by atoms with Gasteiger partial charge in [0.25, 0.3) is 5.91 Å². The molecule has 1 heterocycles. The average Bonchev–Trinajstić information content (AvgIpc) is 2.89. The lowest BCUT2D eigenvalue weighted by Gasteiger charge is -2.43. The zero-order valence-corrected chi connectivity index (χ0v) is 11.0. The van der Waals surface area contributed by atoms with E-state index in [1.54, 1.807) is 23.0 Å². The molecule has 0 atom stereocenters. The van der Waals surface area contributed by atoms with Crippen molar-refractivity contribution in [3.63, 3.8) is 0 Å². The number of amides is 1. The van der Waals surface area contributed by atoms with Crippen molar-refractivity contribution < 1.29 is 9.18 Å². The zero-order valence-electron chi connectivity index (χ0n) is 10.2. The number of hydrogen-bond donors (Lipinski definition) is 1. The van der Waals surface area contributed by atoms with Gasteiger partial charge in [0.1, 0.15) is 11.5 Å². The second-order valence-corrected chi connectivity index (χ2v) is 5.49. The number of carbonyl (C=O) groups is 1. The highest BCUT2D eigenvalue weighted by Crippen LogP contribution is 2.41. The van der Waals surface area contributed by atoms with Gasteiger partial charge in [-0.25, -0.2) is 9.37 Å². The maximum absolute atomic E-state index is 13.0. The number of carbonyl (C=O) groups excluding carboxylic acids is 1. The number of nitrogens with zero attached hydrogens (tertiary/aromatic N) is 1. The summed E-state index contributed by atoms with van der Waals surface area (Å²) in [6.45, 7) is 0. The SMILES string of the molecule is O=C(NC1(c2ccc(F)cc2)CCC1)c1cscn1. The molecule has 0 radical (unpaired) electrons. The summed E-state index contributed by atoms with van der Waals surface area (Å²) in [5.74, 6) is -0.422. The van der Waals surface area contributed by atoms with Crippen LogP contribution < -0.4 is 5.32 Å². The van der Waals surface area contributed by atoms with Gasteiger partial charge in [-0.05, 0) is 37.0 Å². The summed E-state index contributed by atoms with van der Waals surface area (Å²) < 4.78 is 13.0. The number of aromatic nitrogens is 1. The van der Waals surface area contributed by atoms with Crippen molar-refractivity contribution in [2.45, 2.75) is 24.8 Å². The summed E-state index contributed by atoms with van der Waals surface area (Å²) >= 11 is 1.40. The van der Waals surface area contributed by atoms with Crippen LogP contribution in [0, 0.1) is 5.82 Å². The molecule has 2 aromatic rings. The molecule has 0 unspecified atom stereocenters. The molecule has 3 nitrogen and oxygen atoms in total.